The summed E-state index contributed by atoms with van der Waals surface area (Å²) in [5.74, 6) is 0. The van der Waals surface area contributed by atoms with Crippen LogP contribution in [0, 0.1) is 0 Å². The van der Waals surface area contributed by atoms with Gasteiger partial charge < -0.3 is 8.83 Å². The summed E-state index contributed by atoms with van der Waals surface area (Å²) in [6, 6.07) is 75.3. The first-order valence-electron chi connectivity index (χ1n) is 20.3. The molecule has 0 spiro atoms. The van der Waals surface area contributed by atoms with E-state index in [2.05, 4.69) is 200 Å². The number of rotatable bonds is 4. The molecule has 59 heavy (non-hydrogen) atoms. The lowest BCUT2D eigenvalue weighted by Crippen LogP contribution is -2.28. The third kappa shape index (κ3) is 4.46. The predicted octanol–water partition coefficient (Wildman–Crippen LogP) is 15.5. The van der Waals surface area contributed by atoms with Gasteiger partial charge in [0.15, 0.2) is 0 Å². The van der Waals surface area contributed by atoms with Gasteiger partial charge >= 0.3 is 0 Å². The average molecular weight is 751 g/mol. The molecule has 1 aliphatic rings. The Bertz CT molecular complexity index is 3620. The van der Waals surface area contributed by atoms with Crippen molar-refractivity contribution in [3.05, 3.63) is 229 Å². The lowest BCUT2D eigenvalue weighted by atomic mass is 9.67. The second-order valence-corrected chi connectivity index (χ2v) is 15.9. The maximum Gasteiger partial charge on any atom is 0.143 e. The van der Waals surface area contributed by atoms with Crippen molar-refractivity contribution in [3.8, 4) is 33.4 Å². The van der Waals surface area contributed by atoms with Gasteiger partial charge in [0.2, 0.25) is 0 Å². The van der Waals surface area contributed by atoms with E-state index in [0.29, 0.717) is 0 Å². The zero-order chi connectivity index (χ0) is 38.7. The Hall–Kier alpha value is -7.68. The number of para-hydroxylation sites is 1. The average Bonchev–Trinajstić information content (AvgIpc) is 3.97. The van der Waals surface area contributed by atoms with Gasteiger partial charge in [0.05, 0.1) is 5.41 Å². The Morgan fingerprint density at radius 2 is 0.966 bits per heavy atom. The normalized spacial score (nSPS) is 13.2. The molecule has 0 saturated carbocycles. The molecule has 13 rings (SSSR count). The van der Waals surface area contributed by atoms with Crippen LogP contribution in [0.2, 0.25) is 0 Å². The molecule has 0 unspecified atom stereocenters. The third-order valence-electron chi connectivity index (χ3n) is 12.9. The molecular weight excluding hydrogens is 717 g/mol. The van der Waals surface area contributed by atoms with Gasteiger partial charge in [-0.25, -0.2) is 0 Å². The summed E-state index contributed by atoms with van der Waals surface area (Å²) in [6.45, 7) is 0. The van der Waals surface area contributed by atoms with Crippen LogP contribution in [0.25, 0.3) is 98.8 Å². The van der Waals surface area contributed by atoms with Gasteiger partial charge in [-0.1, -0.05) is 164 Å². The number of furan rings is 2. The molecule has 12 aromatic rings. The minimum Gasteiger partial charge on any atom is -0.456 e. The zero-order valence-electron chi connectivity index (χ0n) is 31.9. The summed E-state index contributed by atoms with van der Waals surface area (Å²) in [5.41, 5.74) is 15.2. The molecular formula is C57H34O2. The van der Waals surface area contributed by atoms with Crippen molar-refractivity contribution in [2.45, 2.75) is 5.41 Å². The minimum atomic E-state index is -0.617. The summed E-state index contributed by atoms with van der Waals surface area (Å²) < 4.78 is 13.2. The highest BCUT2D eigenvalue weighted by molar-refractivity contribution is 6.19. The van der Waals surface area contributed by atoms with E-state index in [1.165, 1.54) is 55.1 Å². The highest BCUT2D eigenvalue weighted by Crippen LogP contribution is 2.60. The lowest BCUT2D eigenvalue weighted by Gasteiger charge is -2.34. The molecule has 0 aliphatic heterocycles. The Labute approximate surface area is 340 Å². The highest BCUT2D eigenvalue weighted by atomic mass is 16.3. The van der Waals surface area contributed by atoms with Crippen LogP contribution in [0.4, 0.5) is 0 Å². The molecule has 2 nitrogen and oxygen atoms in total. The Morgan fingerprint density at radius 3 is 1.78 bits per heavy atom. The van der Waals surface area contributed by atoms with Crippen molar-refractivity contribution in [1.29, 1.82) is 0 Å². The van der Waals surface area contributed by atoms with E-state index in [1.807, 2.05) is 6.07 Å². The van der Waals surface area contributed by atoms with Gasteiger partial charge in [0, 0.05) is 26.9 Å². The van der Waals surface area contributed by atoms with Crippen molar-refractivity contribution < 1.29 is 8.83 Å². The van der Waals surface area contributed by atoms with Crippen LogP contribution in [0.15, 0.2) is 215 Å². The summed E-state index contributed by atoms with van der Waals surface area (Å²) in [5, 5.41) is 9.26. The van der Waals surface area contributed by atoms with Crippen LogP contribution < -0.4 is 0 Å². The van der Waals surface area contributed by atoms with Crippen molar-refractivity contribution in [3.63, 3.8) is 0 Å². The molecule has 0 amide bonds. The molecule has 0 bridgehead atoms. The summed E-state index contributed by atoms with van der Waals surface area (Å²) >= 11 is 0. The van der Waals surface area contributed by atoms with Crippen LogP contribution in [0.3, 0.4) is 0 Å². The molecule has 2 heterocycles. The van der Waals surface area contributed by atoms with E-state index >= 15 is 0 Å². The first-order chi connectivity index (χ1) is 29.3. The van der Waals surface area contributed by atoms with Crippen molar-refractivity contribution >= 4 is 65.4 Å². The van der Waals surface area contributed by atoms with E-state index in [9.17, 15) is 0 Å². The molecule has 10 aromatic carbocycles. The van der Waals surface area contributed by atoms with Crippen LogP contribution in [0.5, 0.6) is 0 Å². The number of fused-ring (bicyclic) bond motifs is 12. The molecule has 274 valence electrons. The van der Waals surface area contributed by atoms with E-state index in [-0.39, 0.29) is 0 Å². The van der Waals surface area contributed by atoms with Gasteiger partial charge in [-0.15, -0.1) is 0 Å². The second kappa shape index (κ2) is 12.2. The van der Waals surface area contributed by atoms with Crippen LogP contribution >= 0.6 is 0 Å². The van der Waals surface area contributed by atoms with Crippen molar-refractivity contribution in [2.75, 3.05) is 0 Å². The van der Waals surface area contributed by atoms with Crippen molar-refractivity contribution in [2.24, 2.45) is 0 Å². The third-order valence-corrected chi connectivity index (χ3v) is 12.9. The van der Waals surface area contributed by atoms with Gasteiger partial charge in [-0.2, -0.15) is 0 Å². The monoisotopic (exact) mass is 750 g/mol. The Balaban J connectivity index is 1.16. The first-order valence-corrected chi connectivity index (χ1v) is 20.3. The van der Waals surface area contributed by atoms with Gasteiger partial charge in [0.25, 0.3) is 0 Å². The maximum atomic E-state index is 6.70. The number of hydrogen-bond acceptors (Lipinski definition) is 2. The van der Waals surface area contributed by atoms with Gasteiger partial charge in [-0.05, 0) is 114 Å². The first kappa shape index (κ1) is 32.4. The van der Waals surface area contributed by atoms with Crippen LogP contribution in [0.1, 0.15) is 22.3 Å². The van der Waals surface area contributed by atoms with E-state index in [0.717, 1.165) is 66.0 Å². The summed E-state index contributed by atoms with van der Waals surface area (Å²) in [6.07, 6.45) is 0. The van der Waals surface area contributed by atoms with Gasteiger partial charge in [0.1, 0.15) is 22.3 Å². The van der Waals surface area contributed by atoms with E-state index < -0.39 is 5.41 Å². The topological polar surface area (TPSA) is 26.3 Å². The molecule has 2 heteroatoms. The lowest BCUT2D eigenvalue weighted by molar-refractivity contribution is 0.669. The smallest absolute Gasteiger partial charge is 0.143 e. The van der Waals surface area contributed by atoms with Gasteiger partial charge in [-0.3, -0.25) is 0 Å². The van der Waals surface area contributed by atoms with E-state index in [4.69, 9.17) is 8.83 Å². The number of hydrogen-bond donors (Lipinski definition) is 0. The standard InChI is InChI=1S/C57H34O2/c1-3-16-39(17-4-1)57(40-18-5-2-6-19-40)48-32-37(42-23-13-25-51-54(42)47-31-26-35-14-7-10-21-43(35)56(47)59-51)27-30-46(48)55-49(57)33-36-15-8-9-20-41(36)53(55)38-28-29-45-44-22-11-12-24-50(44)58-52(45)34-38/h1-34H. The SMILES string of the molecule is c1ccc(C2(c3ccccc3)c3cc(-c4cccc5oc6c7ccccc7ccc6c45)ccc3-c3c2cc2ccccc2c3-c2ccc3c(c2)oc2ccccc23)cc1. The van der Waals surface area contributed by atoms with E-state index in [1.54, 1.807) is 0 Å². The number of benzene rings is 10. The predicted molar refractivity (Wildman–Crippen MR) is 244 cm³/mol. The largest absolute Gasteiger partial charge is 0.456 e. The molecule has 0 radical (unpaired) electrons. The summed E-state index contributed by atoms with van der Waals surface area (Å²) in [7, 11) is 0. The Kier molecular flexibility index (Phi) is 6.68. The summed E-state index contributed by atoms with van der Waals surface area (Å²) in [4.78, 5) is 0. The zero-order valence-corrected chi connectivity index (χ0v) is 31.9. The molecule has 0 N–H and O–H groups in total. The highest BCUT2D eigenvalue weighted by Gasteiger charge is 2.47. The quantitative estimate of drug-likeness (QED) is 0.179. The molecule has 0 atom stereocenters. The second-order valence-electron chi connectivity index (χ2n) is 15.9. The molecule has 1 aliphatic carbocycles. The molecule has 0 fully saturated rings. The molecule has 0 saturated heterocycles. The minimum absolute atomic E-state index is 0.617. The maximum absolute atomic E-state index is 6.70. The fourth-order valence-corrected chi connectivity index (χ4v) is 10.4. The van der Waals surface area contributed by atoms with Crippen molar-refractivity contribution in [1.82, 2.24) is 0 Å². The fourth-order valence-electron chi connectivity index (χ4n) is 10.4. The fraction of sp³-hybridized carbons (Fsp3) is 0.0175. The van der Waals surface area contributed by atoms with Crippen LogP contribution in [-0.4, -0.2) is 0 Å². The molecule has 2 aromatic heterocycles. The van der Waals surface area contributed by atoms with Crippen LogP contribution in [-0.2, 0) is 5.41 Å². The Morgan fingerprint density at radius 1 is 0.322 bits per heavy atom.